The highest BCUT2D eigenvalue weighted by atomic mass is 32.1. The van der Waals surface area contributed by atoms with E-state index in [9.17, 15) is 4.79 Å². The largest absolute Gasteiger partial charge is 0.313 e. The lowest BCUT2D eigenvalue weighted by atomic mass is 9.82. The number of ether oxygens (including phenoxy) is 2. The van der Waals surface area contributed by atoms with Gasteiger partial charge in [-0.05, 0) is 24.3 Å². The van der Waals surface area contributed by atoms with E-state index in [1.165, 1.54) is 4.88 Å². The smallest absolute Gasteiger partial charge is 0.220 e. The van der Waals surface area contributed by atoms with Crippen molar-refractivity contribution in [2.24, 2.45) is 5.41 Å². The van der Waals surface area contributed by atoms with Crippen LogP contribution in [0.5, 0.6) is 0 Å². The van der Waals surface area contributed by atoms with E-state index in [2.05, 4.69) is 23.7 Å². The zero-order valence-corrected chi connectivity index (χ0v) is 13.2. The van der Waals surface area contributed by atoms with Crippen molar-refractivity contribution in [1.82, 2.24) is 5.32 Å². The van der Waals surface area contributed by atoms with Gasteiger partial charge < -0.3 is 9.47 Å². The van der Waals surface area contributed by atoms with Crippen LogP contribution < -0.4 is 5.32 Å². The minimum atomic E-state index is -0.363. The van der Waals surface area contributed by atoms with Gasteiger partial charge in [0.2, 0.25) is 6.41 Å². The van der Waals surface area contributed by atoms with Crippen LogP contribution in [0.2, 0.25) is 0 Å². The van der Waals surface area contributed by atoms with Crippen molar-refractivity contribution in [3.63, 3.8) is 0 Å². The number of hydrogen-bond donors (Lipinski definition) is 1. The topological polar surface area (TPSA) is 47.6 Å². The molecule has 0 aromatic carbocycles. The molecule has 1 aliphatic heterocycles. The number of rotatable bonds is 8. The lowest BCUT2D eigenvalue weighted by Crippen LogP contribution is -2.50. The molecule has 20 heavy (non-hydrogen) atoms. The Morgan fingerprint density at radius 2 is 2.30 bits per heavy atom. The van der Waals surface area contributed by atoms with Crippen LogP contribution in [0, 0.1) is 5.41 Å². The van der Waals surface area contributed by atoms with Gasteiger partial charge in [-0.2, -0.15) is 0 Å². The molecule has 0 bridgehead atoms. The third-order valence-corrected chi connectivity index (χ3v) is 4.81. The van der Waals surface area contributed by atoms with Gasteiger partial charge in [-0.1, -0.05) is 26.8 Å². The Morgan fingerprint density at radius 3 is 2.80 bits per heavy atom. The van der Waals surface area contributed by atoms with Gasteiger partial charge in [-0.3, -0.25) is 10.1 Å². The van der Waals surface area contributed by atoms with Gasteiger partial charge in [0.05, 0.1) is 0 Å². The lowest BCUT2D eigenvalue weighted by molar-refractivity contribution is -0.335. The van der Waals surface area contributed by atoms with Crippen LogP contribution in [-0.2, 0) is 20.7 Å². The molecule has 1 fully saturated rings. The second-order valence-electron chi connectivity index (χ2n) is 5.79. The molecule has 2 rings (SSSR count). The normalized spacial score (nSPS) is 17.8. The summed E-state index contributed by atoms with van der Waals surface area (Å²) in [6, 6.07) is 4.18. The molecule has 1 aliphatic rings. The maximum Gasteiger partial charge on any atom is 0.220 e. The number of carbonyl (C=O) groups excluding carboxylic acids is 1. The zero-order chi connectivity index (χ0) is 14.6. The van der Waals surface area contributed by atoms with E-state index in [1.807, 2.05) is 19.9 Å². The molecule has 0 spiro atoms. The summed E-state index contributed by atoms with van der Waals surface area (Å²) in [4.78, 5) is 13.7. The molecule has 0 amide bonds. The van der Waals surface area contributed by atoms with Gasteiger partial charge in [0.1, 0.15) is 5.78 Å². The summed E-state index contributed by atoms with van der Waals surface area (Å²) in [6.45, 7) is 6.40. The summed E-state index contributed by atoms with van der Waals surface area (Å²) in [6.07, 6.45) is 1.82. The summed E-state index contributed by atoms with van der Waals surface area (Å²) < 4.78 is 10.5. The van der Waals surface area contributed by atoms with Crippen LogP contribution in [0.4, 0.5) is 0 Å². The summed E-state index contributed by atoms with van der Waals surface area (Å²) in [5.74, 6) is 0.286. The number of nitrogens with one attached hydrogen (secondary N) is 1. The zero-order valence-electron chi connectivity index (χ0n) is 12.3. The van der Waals surface area contributed by atoms with Crippen LogP contribution in [0.1, 0.15) is 38.5 Å². The van der Waals surface area contributed by atoms with Gasteiger partial charge >= 0.3 is 0 Å². The molecule has 1 saturated heterocycles. The molecular formula is C15H23NO3S. The van der Waals surface area contributed by atoms with E-state index < -0.39 is 0 Å². The SMILES string of the molecule is CCC(C)(C)C(=O)C[C@H](Cc1cccs1)NC1OCO1. The predicted molar refractivity (Wildman–Crippen MR) is 79.5 cm³/mol. The monoisotopic (exact) mass is 297 g/mol. The molecule has 1 aromatic rings. The van der Waals surface area contributed by atoms with Gasteiger partial charge in [-0.15, -0.1) is 11.3 Å². The highest BCUT2D eigenvalue weighted by Crippen LogP contribution is 2.25. The van der Waals surface area contributed by atoms with E-state index >= 15 is 0 Å². The minimum Gasteiger partial charge on any atom is -0.313 e. The molecule has 0 unspecified atom stereocenters. The average molecular weight is 297 g/mol. The molecule has 1 N–H and O–H groups in total. The molecule has 4 nitrogen and oxygen atoms in total. The summed E-state index contributed by atoms with van der Waals surface area (Å²) >= 11 is 1.71. The maximum atomic E-state index is 12.4. The fraction of sp³-hybridized carbons (Fsp3) is 0.667. The maximum absolute atomic E-state index is 12.4. The van der Waals surface area contributed by atoms with Crippen LogP contribution in [0.15, 0.2) is 17.5 Å². The van der Waals surface area contributed by atoms with Crippen LogP contribution >= 0.6 is 11.3 Å². The number of Topliss-reactive ketones (excluding diaryl/α,β-unsaturated/α-hetero) is 1. The van der Waals surface area contributed by atoms with Crippen LogP contribution in [0.3, 0.4) is 0 Å². The van der Waals surface area contributed by atoms with Gasteiger partial charge in [-0.25, -0.2) is 0 Å². The van der Waals surface area contributed by atoms with E-state index in [0.717, 1.165) is 12.8 Å². The molecule has 5 heteroatoms. The van der Waals surface area contributed by atoms with Crippen molar-refractivity contribution in [3.8, 4) is 0 Å². The van der Waals surface area contributed by atoms with Gasteiger partial charge in [0.25, 0.3) is 0 Å². The predicted octanol–water partition coefficient (Wildman–Crippen LogP) is 2.93. The first kappa shape index (κ1) is 15.6. The molecule has 112 valence electrons. The van der Waals surface area contributed by atoms with Gasteiger partial charge in [0, 0.05) is 22.8 Å². The summed E-state index contributed by atoms with van der Waals surface area (Å²) in [7, 11) is 0. The van der Waals surface area contributed by atoms with Crippen molar-refractivity contribution < 1.29 is 14.3 Å². The Hall–Kier alpha value is -0.750. The van der Waals surface area contributed by atoms with E-state index in [1.54, 1.807) is 11.3 Å². The molecule has 1 atom stereocenters. The second kappa shape index (κ2) is 6.80. The quantitative estimate of drug-likeness (QED) is 0.801. The first-order chi connectivity index (χ1) is 9.51. The standard InChI is InChI=1S/C15H23NO3S/c1-4-15(2,3)13(17)9-11(16-14-18-10-19-14)8-12-6-5-7-20-12/h5-7,11,14,16H,4,8-10H2,1-3H3/t11-/m0/s1. The highest BCUT2D eigenvalue weighted by molar-refractivity contribution is 7.09. The summed E-state index contributed by atoms with van der Waals surface area (Å²) in [5.41, 5.74) is -0.267. The second-order valence-corrected chi connectivity index (χ2v) is 6.83. The van der Waals surface area contributed by atoms with E-state index in [4.69, 9.17) is 9.47 Å². The summed E-state index contributed by atoms with van der Waals surface area (Å²) in [5, 5.41) is 5.32. The Kier molecular flexibility index (Phi) is 5.32. The minimum absolute atomic E-state index is 0.0530. The van der Waals surface area contributed by atoms with E-state index in [0.29, 0.717) is 13.2 Å². The van der Waals surface area contributed by atoms with Crippen molar-refractivity contribution in [2.45, 2.75) is 52.5 Å². The molecule has 1 aromatic heterocycles. The Balaban J connectivity index is 1.96. The van der Waals surface area contributed by atoms with Gasteiger partial charge in [0.15, 0.2) is 6.79 Å². The highest BCUT2D eigenvalue weighted by Gasteiger charge is 2.30. The Bertz CT molecular complexity index is 426. The number of hydrogen-bond acceptors (Lipinski definition) is 5. The molecule has 0 saturated carbocycles. The van der Waals surface area contributed by atoms with Crippen molar-refractivity contribution in [1.29, 1.82) is 0 Å². The first-order valence-electron chi connectivity index (χ1n) is 7.06. The van der Waals surface area contributed by atoms with Crippen LogP contribution in [0.25, 0.3) is 0 Å². The van der Waals surface area contributed by atoms with E-state index in [-0.39, 0.29) is 23.7 Å². The lowest BCUT2D eigenvalue weighted by Gasteiger charge is -2.32. The third-order valence-electron chi connectivity index (χ3n) is 3.91. The third kappa shape index (κ3) is 4.12. The number of carbonyl (C=O) groups is 1. The molecule has 0 radical (unpaired) electrons. The Labute approximate surface area is 124 Å². The fourth-order valence-electron chi connectivity index (χ4n) is 1.98. The Morgan fingerprint density at radius 1 is 1.55 bits per heavy atom. The molecule has 2 heterocycles. The fourth-order valence-corrected chi connectivity index (χ4v) is 2.77. The number of thiophene rings is 1. The number of ketones is 1. The van der Waals surface area contributed by atoms with Crippen molar-refractivity contribution >= 4 is 17.1 Å². The first-order valence-corrected chi connectivity index (χ1v) is 7.94. The van der Waals surface area contributed by atoms with Crippen LogP contribution in [-0.4, -0.2) is 25.0 Å². The van der Waals surface area contributed by atoms with Crippen molar-refractivity contribution in [2.75, 3.05) is 6.79 Å². The average Bonchev–Trinajstić information content (AvgIpc) is 2.86. The van der Waals surface area contributed by atoms with Crippen molar-refractivity contribution in [3.05, 3.63) is 22.4 Å². The molecule has 0 aliphatic carbocycles. The molecular weight excluding hydrogens is 274 g/mol.